The highest BCUT2D eigenvalue weighted by Gasteiger charge is 2.30. The fourth-order valence-electron chi connectivity index (χ4n) is 2.88. The van der Waals surface area contributed by atoms with Crippen LogP contribution in [0.3, 0.4) is 0 Å². The molecular formula is C15H30IN5O2. The monoisotopic (exact) mass is 439 g/mol. The van der Waals surface area contributed by atoms with Gasteiger partial charge in [-0.05, 0) is 13.3 Å². The van der Waals surface area contributed by atoms with Crippen LogP contribution in [-0.4, -0.2) is 99.2 Å². The number of rotatable bonds is 4. The number of carbonyl (C=O) groups is 1. The Morgan fingerprint density at radius 1 is 1.30 bits per heavy atom. The molecular weight excluding hydrogens is 409 g/mol. The maximum absolute atomic E-state index is 11.7. The predicted molar refractivity (Wildman–Crippen MR) is 102 cm³/mol. The molecule has 2 aliphatic heterocycles. The fourth-order valence-corrected chi connectivity index (χ4v) is 2.88. The van der Waals surface area contributed by atoms with Gasteiger partial charge in [-0.25, -0.2) is 4.99 Å². The fraction of sp³-hybridized carbons (Fsp3) is 0.867. The molecule has 2 saturated heterocycles. The van der Waals surface area contributed by atoms with Gasteiger partial charge < -0.3 is 19.9 Å². The minimum atomic E-state index is 0. The largest absolute Gasteiger partial charge is 0.379 e. The first-order chi connectivity index (χ1) is 10.6. The van der Waals surface area contributed by atoms with Gasteiger partial charge in [-0.1, -0.05) is 0 Å². The Labute approximate surface area is 156 Å². The van der Waals surface area contributed by atoms with Crippen LogP contribution in [0.1, 0.15) is 13.3 Å². The second-order valence-corrected chi connectivity index (χ2v) is 6.00. The number of likely N-dealkylation sites (tertiary alicyclic amines) is 1. The molecule has 0 bridgehead atoms. The predicted octanol–water partition coefficient (Wildman–Crippen LogP) is 0.0646. The van der Waals surface area contributed by atoms with Crippen molar-refractivity contribution in [3.05, 3.63) is 0 Å². The molecule has 0 aromatic carbocycles. The summed E-state index contributed by atoms with van der Waals surface area (Å²) in [6, 6.07) is 0.567. The average molecular weight is 439 g/mol. The van der Waals surface area contributed by atoms with Crippen LogP contribution < -0.4 is 5.32 Å². The minimum Gasteiger partial charge on any atom is -0.379 e. The summed E-state index contributed by atoms with van der Waals surface area (Å²) in [5.41, 5.74) is 0. The van der Waals surface area contributed by atoms with E-state index in [1.54, 1.807) is 19.0 Å². The Balaban J connectivity index is 0.00000264. The number of amides is 1. The molecule has 2 aliphatic rings. The van der Waals surface area contributed by atoms with E-state index in [-0.39, 0.29) is 36.4 Å². The van der Waals surface area contributed by atoms with Crippen molar-refractivity contribution < 1.29 is 9.53 Å². The summed E-state index contributed by atoms with van der Waals surface area (Å²) in [5.74, 6) is 0.882. The highest BCUT2D eigenvalue weighted by atomic mass is 127. The molecule has 0 spiro atoms. The second kappa shape index (κ2) is 10.3. The molecule has 0 saturated carbocycles. The third kappa shape index (κ3) is 6.07. The lowest BCUT2D eigenvalue weighted by atomic mass is 10.2. The van der Waals surface area contributed by atoms with Crippen molar-refractivity contribution in [1.82, 2.24) is 20.0 Å². The molecule has 0 aromatic rings. The maximum Gasteiger partial charge on any atom is 0.243 e. The molecule has 23 heavy (non-hydrogen) atoms. The van der Waals surface area contributed by atoms with Gasteiger partial charge in [0.25, 0.3) is 0 Å². The Bertz CT molecular complexity index is 399. The van der Waals surface area contributed by atoms with Gasteiger partial charge in [0, 0.05) is 52.9 Å². The Hall–Kier alpha value is -0.610. The zero-order chi connectivity index (χ0) is 15.9. The molecule has 1 unspecified atom stereocenters. The van der Waals surface area contributed by atoms with E-state index < -0.39 is 0 Å². The van der Waals surface area contributed by atoms with Crippen molar-refractivity contribution >= 4 is 35.8 Å². The number of hydrogen-bond acceptors (Lipinski definition) is 4. The number of nitrogens with one attached hydrogen (secondary N) is 1. The second-order valence-electron chi connectivity index (χ2n) is 6.00. The molecule has 2 fully saturated rings. The van der Waals surface area contributed by atoms with E-state index in [0.717, 1.165) is 58.3 Å². The lowest BCUT2D eigenvalue weighted by Crippen LogP contribution is -2.46. The Morgan fingerprint density at radius 3 is 2.61 bits per heavy atom. The molecule has 0 aromatic heterocycles. The molecule has 134 valence electrons. The van der Waals surface area contributed by atoms with Gasteiger partial charge in [-0.2, -0.15) is 0 Å². The molecule has 2 rings (SSSR count). The first kappa shape index (κ1) is 20.4. The normalized spacial score (nSPS) is 22.7. The molecule has 2 heterocycles. The van der Waals surface area contributed by atoms with E-state index in [1.807, 2.05) is 0 Å². The number of halogens is 1. The van der Waals surface area contributed by atoms with Crippen molar-refractivity contribution in [2.45, 2.75) is 19.4 Å². The molecule has 0 radical (unpaired) electrons. The Morgan fingerprint density at radius 2 is 2.00 bits per heavy atom. The number of ether oxygens (including phenoxy) is 1. The molecule has 0 aliphatic carbocycles. The van der Waals surface area contributed by atoms with Crippen LogP contribution in [0, 0.1) is 0 Å². The first-order valence-corrected chi connectivity index (χ1v) is 8.17. The lowest BCUT2D eigenvalue weighted by molar-refractivity contribution is -0.127. The van der Waals surface area contributed by atoms with Crippen LogP contribution in [0.2, 0.25) is 0 Å². The number of aliphatic imine (C=N–C) groups is 1. The number of carbonyl (C=O) groups excluding carboxylic acids is 1. The number of guanidine groups is 1. The van der Waals surface area contributed by atoms with E-state index in [4.69, 9.17) is 4.74 Å². The smallest absolute Gasteiger partial charge is 0.243 e. The van der Waals surface area contributed by atoms with Gasteiger partial charge in [-0.3, -0.25) is 9.69 Å². The van der Waals surface area contributed by atoms with Gasteiger partial charge >= 0.3 is 0 Å². The van der Waals surface area contributed by atoms with E-state index in [9.17, 15) is 4.79 Å². The van der Waals surface area contributed by atoms with Crippen LogP contribution in [0.25, 0.3) is 0 Å². The van der Waals surface area contributed by atoms with Crippen molar-refractivity contribution in [2.75, 3.05) is 66.6 Å². The van der Waals surface area contributed by atoms with Crippen molar-refractivity contribution in [1.29, 1.82) is 0 Å². The van der Waals surface area contributed by atoms with Crippen LogP contribution in [0.15, 0.2) is 4.99 Å². The Kier molecular flexibility index (Phi) is 9.15. The summed E-state index contributed by atoms with van der Waals surface area (Å²) in [7, 11) is 3.52. The summed E-state index contributed by atoms with van der Waals surface area (Å²) in [4.78, 5) is 22.6. The third-order valence-electron chi connectivity index (χ3n) is 4.22. The van der Waals surface area contributed by atoms with E-state index in [0.29, 0.717) is 6.04 Å². The zero-order valence-corrected chi connectivity index (χ0v) is 16.8. The topological polar surface area (TPSA) is 60.4 Å². The third-order valence-corrected chi connectivity index (χ3v) is 4.22. The van der Waals surface area contributed by atoms with Gasteiger partial charge in [0.1, 0.15) is 6.54 Å². The quantitative estimate of drug-likeness (QED) is 0.382. The van der Waals surface area contributed by atoms with Gasteiger partial charge in [0.05, 0.1) is 13.2 Å². The van der Waals surface area contributed by atoms with Crippen LogP contribution in [-0.2, 0) is 9.53 Å². The van der Waals surface area contributed by atoms with Crippen LogP contribution in [0.4, 0.5) is 0 Å². The number of nitrogens with zero attached hydrogens (tertiary/aromatic N) is 4. The van der Waals surface area contributed by atoms with Gasteiger partial charge in [0.15, 0.2) is 5.96 Å². The molecule has 1 atom stereocenters. The maximum atomic E-state index is 11.7. The first-order valence-electron chi connectivity index (χ1n) is 8.17. The van der Waals surface area contributed by atoms with Gasteiger partial charge in [-0.15, -0.1) is 24.0 Å². The van der Waals surface area contributed by atoms with Crippen molar-refractivity contribution in [3.63, 3.8) is 0 Å². The number of likely N-dealkylation sites (N-methyl/N-ethyl adjacent to an activating group) is 1. The van der Waals surface area contributed by atoms with Crippen LogP contribution >= 0.6 is 24.0 Å². The van der Waals surface area contributed by atoms with Crippen LogP contribution in [0.5, 0.6) is 0 Å². The standard InChI is InChI=1S/C15H29N5O2.HI/c1-4-16-15(17-11-14(21)18(2)3)20-6-5-13(12-20)19-7-9-22-10-8-19;/h13H,4-12H2,1-3H3,(H,16,17);1H. The molecule has 1 N–H and O–H groups in total. The summed E-state index contributed by atoms with van der Waals surface area (Å²) in [6.45, 7) is 8.74. The molecule has 7 nitrogen and oxygen atoms in total. The summed E-state index contributed by atoms with van der Waals surface area (Å²) in [5, 5.41) is 3.30. The zero-order valence-electron chi connectivity index (χ0n) is 14.5. The summed E-state index contributed by atoms with van der Waals surface area (Å²) in [6.07, 6.45) is 1.14. The average Bonchev–Trinajstić information content (AvgIpc) is 3.01. The summed E-state index contributed by atoms with van der Waals surface area (Å²) >= 11 is 0. The lowest BCUT2D eigenvalue weighted by Gasteiger charge is -2.32. The highest BCUT2D eigenvalue weighted by molar-refractivity contribution is 14.0. The van der Waals surface area contributed by atoms with E-state index >= 15 is 0 Å². The SMILES string of the molecule is CCNC(=NCC(=O)N(C)C)N1CCC(N2CCOCC2)C1.I. The molecule has 1 amide bonds. The number of hydrogen-bond donors (Lipinski definition) is 1. The summed E-state index contributed by atoms with van der Waals surface area (Å²) < 4.78 is 5.43. The van der Waals surface area contributed by atoms with Crippen molar-refractivity contribution in [2.24, 2.45) is 4.99 Å². The van der Waals surface area contributed by atoms with E-state index in [2.05, 4.69) is 27.0 Å². The highest BCUT2D eigenvalue weighted by Crippen LogP contribution is 2.17. The van der Waals surface area contributed by atoms with E-state index in [1.165, 1.54) is 0 Å². The minimum absolute atomic E-state index is 0. The van der Waals surface area contributed by atoms with Gasteiger partial charge in [0.2, 0.25) is 5.91 Å². The number of morpholine rings is 1. The molecule has 8 heteroatoms. The van der Waals surface area contributed by atoms with Crippen molar-refractivity contribution in [3.8, 4) is 0 Å².